The molecule has 190 valence electrons. The summed E-state index contributed by atoms with van der Waals surface area (Å²) in [6.07, 6.45) is 8.13. The number of benzene rings is 1. The van der Waals surface area contributed by atoms with E-state index in [1.165, 1.54) is 24.8 Å². The van der Waals surface area contributed by atoms with E-state index >= 15 is 0 Å². The molecular formula is C27H36FN3O4. The molecule has 1 aliphatic carbocycles. The quantitative estimate of drug-likeness (QED) is 0.449. The number of halogens is 1. The SMILES string of the molecule is CC[C@H](C)[C@H](CC(=O)[C@H](CC1CCCCC1)NC(=O)c1ccno1)C(=O)NCc1ccccc1F. The molecule has 1 fully saturated rings. The average Bonchev–Trinajstić information content (AvgIpc) is 3.41. The van der Waals surface area contributed by atoms with Gasteiger partial charge in [0.2, 0.25) is 11.7 Å². The third-order valence-corrected chi connectivity index (χ3v) is 7.15. The van der Waals surface area contributed by atoms with Gasteiger partial charge in [-0.1, -0.05) is 75.7 Å². The molecule has 3 atom stereocenters. The highest BCUT2D eigenvalue weighted by atomic mass is 19.1. The van der Waals surface area contributed by atoms with Crippen LogP contribution in [0.5, 0.6) is 0 Å². The highest BCUT2D eigenvalue weighted by Gasteiger charge is 2.32. The molecule has 0 radical (unpaired) electrons. The molecule has 1 aromatic carbocycles. The molecule has 2 aromatic rings. The molecule has 1 heterocycles. The van der Waals surface area contributed by atoms with Crippen molar-refractivity contribution >= 4 is 17.6 Å². The summed E-state index contributed by atoms with van der Waals surface area (Å²) in [6, 6.07) is 7.04. The maximum atomic E-state index is 14.0. The van der Waals surface area contributed by atoms with Crippen molar-refractivity contribution in [3.8, 4) is 0 Å². The first kappa shape index (κ1) is 26.6. The monoisotopic (exact) mass is 485 g/mol. The zero-order valence-corrected chi connectivity index (χ0v) is 20.6. The predicted octanol–water partition coefficient (Wildman–Crippen LogP) is 4.82. The topological polar surface area (TPSA) is 101 Å². The minimum Gasteiger partial charge on any atom is -0.352 e. The molecule has 0 unspecified atom stereocenters. The van der Waals surface area contributed by atoms with Gasteiger partial charge in [-0.3, -0.25) is 14.4 Å². The minimum atomic E-state index is -0.707. The van der Waals surface area contributed by atoms with Crippen LogP contribution in [0, 0.1) is 23.6 Å². The third kappa shape index (κ3) is 7.73. The van der Waals surface area contributed by atoms with Crippen LogP contribution in [-0.2, 0) is 16.1 Å². The van der Waals surface area contributed by atoms with Gasteiger partial charge in [-0.15, -0.1) is 0 Å². The molecule has 0 aliphatic heterocycles. The average molecular weight is 486 g/mol. The largest absolute Gasteiger partial charge is 0.352 e. The molecule has 2 amide bonds. The summed E-state index contributed by atoms with van der Waals surface area (Å²) in [5.74, 6) is -1.55. The van der Waals surface area contributed by atoms with Gasteiger partial charge in [0, 0.05) is 30.5 Å². The fourth-order valence-electron chi connectivity index (χ4n) is 4.74. The van der Waals surface area contributed by atoms with Crippen LogP contribution in [0.4, 0.5) is 4.39 Å². The van der Waals surface area contributed by atoms with E-state index < -0.39 is 17.9 Å². The summed E-state index contributed by atoms with van der Waals surface area (Å²) in [4.78, 5) is 39.2. The highest BCUT2D eigenvalue weighted by molar-refractivity contribution is 5.97. The zero-order valence-electron chi connectivity index (χ0n) is 20.6. The number of aromatic nitrogens is 1. The number of nitrogens with zero attached hydrogens (tertiary/aromatic N) is 1. The molecular weight excluding hydrogens is 449 g/mol. The number of rotatable bonds is 12. The van der Waals surface area contributed by atoms with Crippen LogP contribution in [0.15, 0.2) is 41.1 Å². The number of amides is 2. The summed E-state index contributed by atoms with van der Waals surface area (Å²) < 4.78 is 18.9. The molecule has 0 spiro atoms. The molecule has 35 heavy (non-hydrogen) atoms. The van der Waals surface area contributed by atoms with Crippen LogP contribution >= 0.6 is 0 Å². The Bertz CT molecular complexity index is 973. The molecule has 1 saturated carbocycles. The first-order valence-electron chi connectivity index (χ1n) is 12.6. The Morgan fingerprint density at radius 2 is 1.89 bits per heavy atom. The van der Waals surface area contributed by atoms with E-state index in [1.807, 2.05) is 13.8 Å². The Hall–Kier alpha value is -3.03. The van der Waals surface area contributed by atoms with Crippen LogP contribution in [0.3, 0.4) is 0 Å². The third-order valence-electron chi connectivity index (χ3n) is 7.15. The second kappa shape index (κ2) is 13.2. The Kier molecular flexibility index (Phi) is 9.99. The lowest BCUT2D eigenvalue weighted by Gasteiger charge is -2.28. The second-order valence-electron chi connectivity index (χ2n) is 9.61. The lowest BCUT2D eigenvalue weighted by Crippen LogP contribution is -2.45. The maximum absolute atomic E-state index is 14.0. The van der Waals surface area contributed by atoms with E-state index in [-0.39, 0.29) is 42.2 Å². The molecule has 7 nitrogen and oxygen atoms in total. The van der Waals surface area contributed by atoms with Gasteiger partial charge in [0.1, 0.15) is 5.82 Å². The summed E-state index contributed by atoms with van der Waals surface area (Å²) in [6.45, 7) is 3.96. The fraction of sp³-hybridized carbons (Fsp3) is 0.556. The van der Waals surface area contributed by atoms with Gasteiger partial charge >= 0.3 is 0 Å². The number of carbonyl (C=O) groups excluding carboxylic acids is 3. The molecule has 8 heteroatoms. The molecule has 1 aromatic heterocycles. The Balaban J connectivity index is 1.70. The van der Waals surface area contributed by atoms with Crippen LogP contribution < -0.4 is 10.6 Å². The number of hydrogen-bond acceptors (Lipinski definition) is 5. The summed E-state index contributed by atoms with van der Waals surface area (Å²) >= 11 is 0. The van der Waals surface area contributed by atoms with E-state index in [4.69, 9.17) is 4.52 Å². The van der Waals surface area contributed by atoms with E-state index in [1.54, 1.807) is 18.2 Å². The van der Waals surface area contributed by atoms with Crippen molar-refractivity contribution in [3.05, 3.63) is 53.7 Å². The van der Waals surface area contributed by atoms with Gasteiger partial charge in [-0.05, 0) is 24.3 Å². The first-order chi connectivity index (χ1) is 16.9. The summed E-state index contributed by atoms with van der Waals surface area (Å²) in [5.41, 5.74) is 0.393. The lowest BCUT2D eigenvalue weighted by atomic mass is 9.81. The van der Waals surface area contributed by atoms with Crippen molar-refractivity contribution < 1.29 is 23.3 Å². The molecule has 1 aliphatic rings. The standard InChI is InChI=1S/C27H36FN3O4/c1-3-18(2)21(26(33)29-17-20-11-7-8-12-22(20)28)16-24(32)23(15-19-9-5-4-6-10-19)31-27(34)25-13-14-30-35-25/h7-8,11-14,18-19,21,23H,3-6,9-10,15-17H2,1-2H3,(H,29,33)(H,31,34)/t18-,21-,23-/m0/s1. The van der Waals surface area contributed by atoms with E-state index in [0.717, 1.165) is 25.7 Å². The number of Topliss-reactive ketones (excluding diaryl/α,β-unsaturated/α-hetero) is 1. The summed E-state index contributed by atoms with van der Waals surface area (Å²) in [7, 11) is 0. The van der Waals surface area contributed by atoms with Crippen LogP contribution in [0.1, 0.15) is 81.3 Å². The Morgan fingerprint density at radius 1 is 1.14 bits per heavy atom. The van der Waals surface area contributed by atoms with Gasteiger partial charge in [-0.25, -0.2) is 4.39 Å². The van der Waals surface area contributed by atoms with E-state index in [0.29, 0.717) is 24.3 Å². The number of carbonyl (C=O) groups is 3. The van der Waals surface area contributed by atoms with Gasteiger partial charge in [-0.2, -0.15) is 0 Å². The number of hydrogen-bond donors (Lipinski definition) is 2. The number of nitrogens with one attached hydrogen (secondary N) is 2. The van der Waals surface area contributed by atoms with Gasteiger partial charge < -0.3 is 15.2 Å². The normalized spacial score (nSPS) is 16.8. The smallest absolute Gasteiger partial charge is 0.290 e. The fourth-order valence-corrected chi connectivity index (χ4v) is 4.74. The summed E-state index contributed by atoms with van der Waals surface area (Å²) in [5, 5.41) is 9.20. The lowest BCUT2D eigenvalue weighted by molar-refractivity contribution is -0.132. The van der Waals surface area contributed by atoms with Crippen molar-refractivity contribution in [1.82, 2.24) is 15.8 Å². The molecule has 0 bridgehead atoms. The highest BCUT2D eigenvalue weighted by Crippen LogP contribution is 2.29. The molecule has 3 rings (SSSR count). The van der Waals surface area contributed by atoms with Gasteiger partial charge in [0.15, 0.2) is 5.78 Å². The molecule has 0 saturated heterocycles. The van der Waals surface area contributed by atoms with Crippen molar-refractivity contribution in [2.45, 2.75) is 77.8 Å². The second-order valence-corrected chi connectivity index (χ2v) is 9.61. The molecule has 2 N–H and O–H groups in total. The number of ketones is 1. The van der Waals surface area contributed by atoms with Crippen molar-refractivity contribution in [1.29, 1.82) is 0 Å². The maximum Gasteiger partial charge on any atom is 0.290 e. The van der Waals surface area contributed by atoms with Crippen molar-refractivity contribution in [2.75, 3.05) is 0 Å². The predicted molar refractivity (Wildman–Crippen MR) is 130 cm³/mol. The first-order valence-corrected chi connectivity index (χ1v) is 12.6. The van der Waals surface area contributed by atoms with Crippen molar-refractivity contribution in [2.24, 2.45) is 17.8 Å². The minimum absolute atomic E-state index is 0.00613. The van der Waals surface area contributed by atoms with Gasteiger partial charge in [0.25, 0.3) is 5.91 Å². The van der Waals surface area contributed by atoms with Crippen LogP contribution in [0.2, 0.25) is 0 Å². The Labute approximate surface area is 206 Å². The van der Waals surface area contributed by atoms with Crippen LogP contribution in [0.25, 0.3) is 0 Å². The zero-order chi connectivity index (χ0) is 25.2. The van der Waals surface area contributed by atoms with E-state index in [9.17, 15) is 18.8 Å². The van der Waals surface area contributed by atoms with Gasteiger partial charge in [0.05, 0.1) is 12.2 Å². The van der Waals surface area contributed by atoms with Crippen LogP contribution in [-0.4, -0.2) is 28.8 Å². The van der Waals surface area contributed by atoms with E-state index in [2.05, 4.69) is 15.8 Å². The van der Waals surface area contributed by atoms with Crippen molar-refractivity contribution in [3.63, 3.8) is 0 Å². The Morgan fingerprint density at radius 3 is 2.54 bits per heavy atom.